The van der Waals surface area contributed by atoms with Crippen molar-refractivity contribution in [1.29, 1.82) is 0 Å². The molecule has 0 saturated carbocycles. The van der Waals surface area contributed by atoms with E-state index in [2.05, 4.69) is 32.6 Å². The predicted molar refractivity (Wildman–Crippen MR) is 130 cm³/mol. The maximum atomic E-state index is 13.0. The van der Waals surface area contributed by atoms with Gasteiger partial charge < -0.3 is 10.1 Å². The molecule has 0 aliphatic rings. The maximum Gasteiger partial charge on any atom is 0.242 e. The Morgan fingerprint density at radius 1 is 1.06 bits per heavy atom. The summed E-state index contributed by atoms with van der Waals surface area (Å²) in [5.41, 5.74) is 1.40. The van der Waals surface area contributed by atoms with E-state index in [4.69, 9.17) is 16.3 Å². The van der Waals surface area contributed by atoms with Crippen molar-refractivity contribution in [2.75, 3.05) is 12.4 Å². The van der Waals surface area contributed by atoms with Crippen LogP contribution in [0.3, 0.4) is 0 Å². The second-order valence-electron chi connectivity index (χ2n) is 6.66. The lowest BCUT2D eigenvalue weighted by atomic mass is 10.1. The number of rotatable bonds is 8. The summed E-state index contributed by atoms with van der Waals surface area (Å²) in [5, 5.41) is 2.94. The van der Waals surface area contributed by atoms with E-state index in [1.54, 1.807) is 12.1 Å². The molecule has 9 heteroatoms. The van der Waals surface area contributed by atoms with E-state index in [1.807, 2.05) is 42.5 Å². The number of hydrogen-bond donors (Lipinski definition) is 2. The number of methoxy groups -OCH3 is 1. The quantitative estimate of drug-likeness (QED) is 0.391. The van der Waals surface area contributed by atoms with E-state index < -0.39 is 22.0 Å². The van der Waals surface area contributed by atoms with Gasteiger partial charge in [0.05, 0.1) is 17.0 Å². The third kappa shape index (κ3) is 6.42. The monoisotopic (exact) mass is 570 g/mol. The zero-order chi connectivity index (χ0) is 22.4. The Bertz CT molecular complexity index is 1160. The molecule has 162 valence electrons. The Morgan fingerprint density at radius 3 is 2.35 bits per heavy atom. The maximum absolute atomic E-state index is 13.0. The van der Waals surface area contributed by atoms with Crippen LogP contribution in [0.4, 0.5) is 5.69 Å². The fourth-order valence-corrected chi connectivity index (χ4v) is 4.77. The summed E-state index contributed by atoms with van der Waals surface area (Å²) in [6, 6.07) is 19.5. The lowest BCUT2D eigenvalue weighted by Gasteiger charge is -2.19. The highest BCUT2D eigenvalue weighted by molar-refractivity contribution is 14.1. The normalized spacial score (nSPS) is 12.2. The second kappa shape index (κ2) is 10.4. The molecule has 0 spiro atoms. The topological polar surface area (TPSA) is 84.5 Å². The summed E-state index contributed by atoms with van der Waals surface area (Å²) in [5.74, 6) is -0.105. The summed E-state index contributed by atoms with van der Waals surface area (Å²) in [4.78, 5) is 12.9. The molecule has 3 rings (SSSR count). The van der Waals surface area contributed by atoms with Gasteiger partial charge in [0.25, 0.3) is 0 Å². The van der Waals surface area contributed by atoms with E-state index in [0.29, 0.717) is 11.4 Å². The van der Waals surface area contributed by atoms with Crippen LogP contribution < -0.4 is 14.8 Å². The first-order valence-electron chi connectivity index (χ1n) is 9.25. The minimum absolute atomic E-state index is 0.0570. The molecular weight excluding hydrogens is 551 g/mol. The number of halogens is 2. The van der Waals surface area contributed by atoms with Crippen LogP contribution in [-0.4, -0.2) is 27.5 Å². The van der Waals surface area contributed by atoms with Crippen molar-refractivity contribution in [3.63, 3.8) is 0 Å². The number of nitrogens with one attached hydrogen (secondary N) is 2. The molecule has 31 heavy (non-hydrogen) atoms. The third-order valence-electron chi connectivity index (χ3n) is 4.44. The first kappa shape index (κ1) is 23.5. The number of amides is 1. The van der Waals surface area contributed by atoms with Gasteiger partial charge in [-0.15, -0.1) is 0 Å². The third-order valence-corrected chi connectivity index (χ3v) is 6.93. The van der Waals surface area contributed by atoms with E-state index in [-0.39, 0.29) is 16.3 Å². The Kier molecular flexibility index (Phi) is 7.93. The first-order chi connectivity index (χ1) is 14.8. The smallest absolute Gasteiger partial charge is 0.242 e. The van der Waals surface area contributed by atoms with Crippen LogP contribution in [0.1, 0.15) is 5.56 Å². The minimum Gasteiger partial charge on any atom is -0.495 e. The van der Waals surface area contributed by atoms with Crippen LogP contribution in [0.5, 0.6) is 5.75 Å². The highest BCUT2D eigenvalue weighted by Crippen LogP contribution is 2.27. The van der Waals surface area contributed by atoms with Gasteiger partial charge in [0.2, 0.25) is 15.9 Å². The van der Waals surface area contributed by atoms with Crippen molar-refractivity contribution in [2.24, 2.45) is 0 Å². The number of ether oxygens (including phenoxy) is 1. The molecular formula is C22H20ClIN2O4S. The summed E-state index contributed by atoms with van der Waals surface area (Å²) < 4.78 is 34.6. The Labute approximate surface area is 200 Å². The zero-order valence-corrected chi connectivity index (χ0v) is 20.2. The number of benzene rings is 3. The number of carbonyl (C=O) groups is 1. The fourth-order valence-electron chi connectivity index (χ4n) is 2.87. The second-order valence-corrected chi connectivity index (χ2v) is 10.0. The molecule has 2 N–H and O–H groups in total. The van der Waals surface area contributed by atoms with Crippen LogP contribution in [-0.2, 0) is 21.2 Å². The van der Waals surface area contributed by atoms with Crippen LogP contribution in [0.25, 0.3) is 0 Å². The van der Waals surface area contributed by atoms with Crippen molar-refractivity contribution in [1.82, 2.24) is 4.72 Å². The molecule has 3 aromatic carbocycles. The van der Waals surface area contributed by atoms with Gasteiger partial charge in [0.15, 0.2) is 0 Å². The number of sulfonamides is 1. The van der Waals surface area contributed by atoms with E-state index in [9.17, 15) is 13.2 Å². The van der Waals surface area contributed by atoms with Gasteiger partial charge in [-0.1, -0.05) is 41.9 Å². The van der Waals surface area contributed by atoms with Gasteiger partial charge >= 0.3 is 0 Å². The van der Waals surface area contributed by atoms with Gasteiger partial charge in [0, 0.05) is 9.26 Å². The molecule has 0 aromatic heterocycles. The molecule has 1 atom stereocenters. The summed E-state index contributed by atoms with van der Waals surface area (Å²) in [6.45, 7) is 0. The van der Waals surface area contributed by atoms with Gasteiger partial charge in [0.1, 0.15) is 11.8 Å². The van der Waals surface area contributed by atoms with Crippen molar-refractivity contribution in [3.8, 4) is 5.75 Å². The van der Waals surface area contributed by atoms with E-state index >= 15 is 0 Å². The number of anilines is 1. The number of carbonyl (C=O) groups excluding carboxylic acids is 1. The lowest BCUT2D eigenvalue weighted by Crippen LogP contribution is -2.45. The summed E-state index contributed by atoms with van der Waals surface area (Å²) in [6.07, 6.45) is 0.181. The molecule has 0 aliphatic heterocycles. The van der Waals surface area contributed by atoms with E-state index in [0.717, 1.165) is 9.13 Å². The highest BCUT2D eigenvalue weighted by Gasteiger charge is 2.27. The van der Waals surface area contributed by atoms with Crippen LogP contribution in [0.2, 0.25) is 5.02 Å². The van der Waals surface area contributed by atoms with Crippen LogP contribution >= 0.6 is 34.2 Å². The van der Waals surface area contributed by atoms with Gasteiger partial charge in [-0.25, -0.2) is 8.42 Å². The number of hydrogen-bond acceptors (Lipinski definition) is 4. The first-order valence-corrected chi connectivity index (χ1v) is 12.2. The molecule has 6 nitrogen and oxygen atoms in total. The van der Waals surface area contributed by atoms with Crippen molar-refractivity contribution in [2.45, 2.75) is 17.4 Å². The zero-order valence-electron chi connectivity index (χ0n) is 16.5. The largest absolute Gasteiger partial charge is 0.495 e. The van der Waals surface area contributed by atoms with Crippen molar-refractivity contribution in [3.05, 3.63) is 87.0 Å². The highest BCUT2D eigenvalue weighted by atomic mass is 127. The molecule has 3 aromatic rings. The lowest BCUT2D eigenvalue weighted by molar-refractivity contribution is -0.117. The van der Waals surface area contributed by atoms with Crippen molar-refractivity contribution >= 4 is 55.8 Å². The molecule has 0 bridgehead atoms. The van der Waals surface area contributed by atoms with Crippen LogP contribution in [0.15, 0.2) is 77.7 Å². The predicted octanol–water partition coefficient (Wildman–Crippen LogP) is 4.48. The molecule has 0 fully saturated rings. The summed E-state index contributed by atoms with van der Waals surface area (Å²) >= 11 is 8.25. The summed E-state index contributed by atoms with van der Waals surface area (Å²) in [7, 11) is -2.58. The Balaban J connectivity index is 1.87. The molecule has 0 saturated heterocycles. The molecule has 1 amide bonds. The standard InChI is InChI=1S/C22H20ClIN2O4S/c1-30-21-12-11-18(14-19(21)23)31(28,29)26-20(13-15-5-3-2-4-6-15)22(27)25-17-9-7-16(24)8-10-17/h2-12,14,20,26H,13H2,1H3,(H,25,27)/t20-/m1/s1. The van der Waals surface area contributed by atoms with Gasteiger partial charge in [-0.2, -0.15) is 4.72 Å². The van der Waals surface area contributed by atoms with Gasteiger partial charge in [-0.3, -0.25) is 4.79 Å². The Morgan fingerprint density at radius 2 is 1.74 bits per heavy atom. The van der Waals surface area contributed by atoms with E-state index in [1.165, 1.54) is 25.3 Å². The minimum atomic E-state index is -4.02. The average molecular weight is 571 g/mol. The fraction of sp³-hybridized carbons (Fsp3) is 0.136. The molecule has 0 unspecified atom stereocenters. The molecule has 0 radical (unpaired) electrons. The SMILES string of the molecule is COc1ccc(S(=O)(=O)N[C@H](Cc2ccccc2)C(=O)Nc2ccc(I)cc2)cc1Cl. The Hall–Kier alpha value is -2.14. The van der Waals surface area contributed by atoms with Crippen molar-refractivity contribution < 1.29 is 17.9 Å². The van der Waals surface area contributed by atoms with Crippen LogP contribution in [0, 0.1) is 3.57 Å². The molecule has 0 aliphatic carbocycles. The van der Waals surface area contributed by atoms with Gasteiger partial charge in [-0.05, 0) is 77.0 Å². The molecule has 0 heterocycles. The average Bonchev–Trinajstić information content (AvgIpc) is 2.75.